The highest BCUT2D eigenvalue weighted by molar-refractivity contribution is 8.00. The van der Waals surface area contributed by atoms with E-state index in [9.17, 15) is 4.79 Å². The Hall–Kier alpha value is -0.180. The van der Waals surface area contributed by atoms with Gasteiger partial charge in [-0.15, -0.1) is 0 Å². The molecule has 2 nitrogen and oxygen atoms in total. The Bertz CT molecular complexity index is 154. The summed E-state index contributed by atoms with van der Waals surface area (Å²) in [6.45, 7) is 6.58. The lowest BCUT2D eigenvalue weighted by atomic mass is 10.1. The second-order valence-electron chi connectivity index (χ2n) is 3.89. The fourth-order valence-electron chi connectivity index (χ4n) is 0.882. The number of rotatable bonds is 2. The molecule has 1 aliphatic rings. The number of β-lactam (4-membered cyclic amide) rings is 1. The van der Waals surface area contributed by atoms with E-state index in [1.165, 1.54) is 0 Å². The summed E-state index contributed by atoms with van der Waals surface area (Å²) in [7, 11) is 0. The lowest BCUT2D eigenvalue weighted by Gasteiger charge is -2.29. The third-order valence-electron chi connectivity index (χ3n) is 1.51. The zero-order valence-electron chi connectivity index (χ0n) is 7.31. The van der Waals surface area contributed by atoms with Crippen LogP contribution >= 0.6 is 11.8 Å². The SMILES string of the molecule is CC(C)(C)SCC1CC(=O)N1. The summed E-state index contributed by atoms with van der Waals surface area (Å²) in [4.78, 5) is 10.5. The van der Waals surface area contributed by atoms with E-state index in [0.717, 1.165) is 12.2 Å². The minimum Gasteiger partial charge on any atom is -0.352 e. The van der Waals surface area contributed by atoms with Crippen molar-refractivity contribution in [2.45, 2.75) is 38.0 Å². The summed E-state index contributed by atoms with van der Waals surface area (Å²) in [6, 6.07) is 0.437. The van der Waals surface area contributed by atoms with E-state index >= 15 is 0 Å². The van der Waals surface area contributed by atoms with Gasteiger partial charge in [-0.2, -0.15) is 11.8 Å². The van der Waals surface area contributed by atoms with Crippen molar-refractivity contribution in [3.8, 4) is 0 Å². The van der Waals surface area contributed by atoms with Crippen LogP contribution in [0.5, 0.6) is 0 Å². The normalized spacial score (nSPS) is 24.3. The number of nitrogens with one attached hydrogen (secondary N) is 1. The fraction of sp³-hybridized carbons (Fsp3) is 0.875. The molecular weight excluding hydrogens is 158 g/mol. The summed E-state index contributed by atoms with van der Waals surface area (Å²) in [5, 5.41) is 2.86. The average Bonchev–Trinajstić information content (AvgIpc) is 1.75. The highest BCUT2D eigenvalue weighted by Gasteiger charge is 2.26. The molecule has 1 saturated heterocycles. The molecule has 0 bridgehead atoms. The molecule has 1 rings (SSSR count). The highest BCUT2D eigenvalue weighted by atomic mass is 32.2. The first-order valence-corrected chi connectivity index (χ1v) is 4.89. The van der Waals surface area contributed by atoms with Gasteiger partial charge in [-0.3, -0.25) is 4.79 Å². The highest BCUT2D eigenvalue weighted by Crippen LogP contribution is 2.25. The number of hydrogen-bond acceptors (Lipinski definition) is 2. The lowest BCUT2D eigenvalue weighted by Crippen LogP contribution is -2.50. The molecule has 1 amide bonds. The van der Waals surface area contributed by atoms with Crippen molar-refractivity contribution in [3.63, 3.8) is 0 Å². The molecule has 1 fully saturated rings. The quantitative estimate of drug-likeness (QED) is 0.640. The standard InChI is InChI=1S/C8H15NOS/c1-8(2,3)11-5-6-4-7(10)9-6/h6H,4-5H2,1-3H3,(H,9,10). The van der Waals surface area contributed by atoms with Crippen molar-refractivity contribution in [3.05, 3.63) is 0 Å². The second kappa shape index (κ2) is 3.05. The molecule has 0 aromatic carbocycles. The molecule has 0 aromatic rings. The smallest absolute Gasteiger partial charge is 0.222 e. The average molecular weight is 173 g/mol. The zero-order valence-corrected chi connectivity index (χ0v) is 8.12. The van der Waals surface area contributed by atoms with Gasteiger partial charge in [0.05, 0.1) is 0 Å². The van der Waals surface area contributed by atoms with Crippen molar-refractivity contribution >= 4 is 17.7 Å². The predicted molar refractivity (Wildman–Crippen MR) is 48.8 cm³/mol. The van der Waals surface area contributed by atoms with Crippen LogP contribution in [0.2, 0.25) is 0 Å². The molecule has 0 radical (unpaired) electrons. The Morgan fingerprint density at radius 3 is 2.55 bits per heavy atom. The van der Waals surface area contributed by atoms with Crippen LogP contribution in [0.1, 0.15) is 27.2 Å². The van der Waals surface area contributed by atoms with Crippen LogP contribution in [0.25, 0.3) is 0 Å². The van der Waals surface area contributed by atoms with Gasteiger partial charge in [0.2, 0.25) is 5.91 Å². The molecule has 0 aliphatic carbocycles. The van der Waals surface area contributed by atoms with Gasteiger partial charge in [-0.05, 0) is 0 Å². The zero-order chi connectivity index (χ0) is 8.48. The van der Waals surface area contributed by atoms with Crippen LogP contribution in [0, 0.1) is 0 Å². The van der Waals surface area contributed by atoms with Crippen LogP contribution in [0.15, 0.2) is 0 Å². The Labute approximate surface area is 72.1 Å². The van der Waals surface area contributed by atoms with Gasteiger partial charge in [0.15, 0.2) is 0 Å². The Kier molecular flexibility index (Phi) is 2.47. The van der Waals surface area contributed by atoms with Crippen molar-refractivity contribution in [1.82, 2.24) is 5.32 Å². The molecule has 0 aromatic heterocycles. The molecule has 1 atom stereocenters. The van der Waals surface area contributed by atoms with E-state index in [1.807, 2.05) is 11.8 Å². The monoisotopic (exact) mass is 173 g/mol. The van der Waals surface area contributed by atoms with Crippen LogP contribution in [0.3, 0.4) is 0 Å². The van der Waals surface area contributed by atoms with Crippen LogP contribution in [-0.4, -0.2) is 22.4 Å². The third kappa shape index (κ3) is 3.14. The summed E-state index contributed by atoms with van der Waals surface area (Å²) in [5.41, 5.74) is 0. The number of thioether (sulfide) groups is 1. The summed E-state index contributed by atoms with van der Waals surface area (Å²) in [6.07, 6.45) is 0.725. The molecule has 1 aliphatic heterocycles. The van der Waals surface area contributed by atoms with E-state index in [-0.39, 0.29) is 5.91 Å². The molecule has 1 unspecified atom stereocenters. The number of carbonyl (C=O) groups excluding carboxylic acids is 1. The Morgan fingerprint density at radius 1 is 1.64 bits per heavy atom. The van der Waals surface area contributed by atoms with Gasteiger partial charge in [0, 0.05) is 23.0 Å². The third-order valence-corrected chi connectivity index (χ3v) is 2.95. The Balaban J connectivity index is 2.10. The summed E-state index contributed by atoms with van der Waals surface area (Å²) < 4.78 is 0.320. The van der Waals surface area contributed by atoms with Gasteiger partial charge < -0.3 is 5.32 Å². The Morgan fingerprint density at radius 2 is 2.18 bits per heavy atom. The van der Waals surface area contributed by atoms with Crippen molar-refractivity contribution in [2.24, 2.45) is 0 Å². The number of hydrogen-bond donors (Lipinski definition) is 1. The van der Waals surface area contributed by atoms with Gasteiger partial charge in [0.25, 0.3) is 0 Å². The molecule has 64 valence electrons. The van der Waals surface area contributed by atoms with Crippen molar-refractivity contribution in [1.29, 1.82) is 0 Å². The van der Waals surface area contributed by atoms with Crippen LogP contribution < -0.4 is 5.32 Å². The molecular formula is C8H15NOS. The maximum absolute atomic E-state index is 10.5. The first kappa shape index (κ1) is 8.91. The van der Waals surface area contributed by atoms with E-state index in [2.05, 4.69) is 26.1 Å². The molecule has 11 heavy (non-hydrogen) atoms. The topological polar surface area (TPSA) is 29.1 Å². The first-order chi connectivity index (χ1) is 4.97. The van der Waals surface area contributed by atoms with E-state index in [0.29, 0.717) is 10.8 Å². The maximum atomic E-state index is 10.5. The first-order valence-electron chi connectivity index (χ1n) is 3.91. The largest absolute Gasteiger partial charge is 0.352 e. The van der Waals surface area contributed by atoms with Crippen LogP contribution in [0.4, 0.5) is 0 Å². The second-order valence-corrected chi connectivity index (χ2v) is 5.74. The summed E-state index contributed by atoms with van der Waals surface area (Å²) in [5.74, 6) is 1.25. The number of amides is 1. The van der Waals surface area contributed by atoms with Crippen molar-refractivity contribution < 1.29 is 4.79 Å². The van der Waals surface area contributed by atoms with Gasteiger partial charge in [-0.25, -0.2) is 0 Å². The lowest BCUT2D eigenvalue weighted by molar-refractivity contribution is -0.127. The minimum absolute atomic E-state index is 0.199. The van der Waals surface area contributed by atoms with Gasteiger partial charge in [-0.1, -0.05) is 20.8 Å². The van der Waals surface area contributed by atoms with E-state index < -0.39 is 0 Å². The number of carbonyl (C=O) groups is 1. The predicted octanol–water partition coefficient (Wildman–Crippen LogP) is 1.41. The van der Waals surface area contributed by atoms with Gasteiger partial charge in [0.1, 0.15) is 0 Å². The van der Waals surface area contributed by atoms with E-state index in [4.69, 9.17) is 0 Å². The fourth-order valence-corrected chi connectivity index (χ4v) is 1.78. The molecule has 3 heteroatoms. The molecule has 0 saturated carbocycles. The van der Waals surface area contributed by atoms with Crippen molar-refractivity contribution in [2.75, 3.05) is 5.75 Å². The summed E-state index contributed by atoms with van der Waals surface area (Å²) >= 11 is 1.90. The van der Waals surface area contributed by atoms with Crippen LogP contribution in [-0.2, 0) is 4.79 Å². The molecule has 1 N–H and O–H groups in total. The molecule has 1 heterocycles. The van der Waals surface area contributed by atoms with E-state index in [1.54, 1.807) is 0 Å². The minimum atomic E-state index is 0.199. The van der Waals surface area contributed by atoms with Gasteiger partial charge >= 0.3 is 0 Å². The maximum Gasteiger partial charge on any atom is 0.222 e. The molecule has 0 spiro atoms.